The van der Waals surface area contributed by atoms with E-state index in [0.717, 1.165) is 5.76 Å². The van der Waals surface area contributed by atoms with Crippen LogP contribution < -0.4 is 0 Å². The quantitative estimate of drug-likeness (QED) is 0.658. The maximum Gasteiger partial charge on any atom is 0.180 e. The van der Waals surface area contributed by atoms with Crippen LogP contribution in [0.4, 0.5) is 0 Å². The van der Waals surface area contributed by atoms with Gasteiger partial charge in [-0.25, -0.2) is 4.98 Å². The van der Waals surface area contributed by atoms with Gasteiger partial charge in [-0.05, 0) is 12.3 Å². The topological polar surface area (TPSA) is 26.0 Å². The van der Waals surface area contributed by atoms with E-state index < -0.39 is 0 Å². The van der Waals surface area contributed by atoms with Gasteiger partial charge in [-0.1, -0.05) is 64.1 Å². The second-order valence-corrected chi connectivity index (χ2v) is 5.27. The summed E-state index contributed by atoms with van der Waals surface area (Å²) in [4.78, 5) is 3.66. The van der Waals surface area contributed by atoms with Crippen molar-refractivity contribution in [2.45, 2.75) is 34.6 Å². The Morgan fingerprint density at radius 1 is 0.882 bits per heavy atom. The maximum absolute atomic E-state index is 4.72. The fourth-order valence-corrected chi connectivity index (χ4v) is 0.664. The second kappa shape index (κ2) is 8.57. The van der Waals surface area contributed by atoms with Crippen molar-refractivity contribution < 1.29 is 4.42 Å². The van der Waals surface area contributed by atoms with Crippen LogP contribution >= 0.6 is 0 Å². The normalized spacial score (nSPS) is 9.47. The van der Waals surface area contributed by atoms with Gasteiger partial charge in [-0.15, -0.1) is 0 Å². The van der Waals surface area contributed by atoms with E-state index in [1.165, 1.54) is 6.39 Å². The first-order valence-corrected chi connectivity index (χ1v) is 5.74. The molecule has 17 heavy (non-hydrogen) atoms. The number of hydrogen-bond acceptors (Lipinski definition) is 2. The summed E-state index contributed by atoms with van der Waals surface area (Å²) < 4.78 is 4.72. The second-order valence-electron chi connectivity index (χ2n) is 5.27. The predicted octanol–water partition coefficient (Wildman–Crippen LogP) is 4.72. The molecule has 1 aromatic carbocycles. The minimum Gasteiger partial charge on any atom is -0.449 e. The van der Waals surface area contributed by atoms with E-state index >= 15 is 0 Å². The molecule has 1 aromatic heterocycles. The van der Waals surface area contributed by atoms with Crippen molar-refractivity contribution in [3.05, 3.63) is 54.7 Å². The molecule has 0 amide bonds. The lowest BCUT2D eigenvalue weighted by Crippen LogP contribution is -1.93. The minimum absolute atomic E-state index is 0.500. The Hall–Kier alpha value is -1.57. The summed E-state index contributed by atoms with van der Waals surface area (Å²) in [5.41, 5.74) is 0.500. The van der Waals surface area contributed by atoms with Gasteiger partial charge in [0.25, 0.3) is 0 Å². The van der Waals surface area contributed by atoms with Gasteiger partial charge in [0.1, 0.15) is 5.76 Å². The molecule has 0 N–H and O–H groups in total. The largest absolute Gasteiger partial charge is 0.449 e. The van der Waals surface area contributed by atoms with Crippen LogP contribution in [-0.4, -0.2) is 4.98 Å². The highest BCUT2D eigenvalue weighted by Crippen LogP contribution is 2.08. The standard InChI is InChI=1S/C6H6.C5H12.C4H5NO/c1-2-4-6-5-3-1;1-5(2,3)4;1-4-2-5-3-6-4/h1-6H;1-4H3;2-3H,1H3. The van der Waals surface area contributed by atoms with E-state index in [-0.39, 0.29) is 0 Å². The SMILES string of the molecule is CC(C)(C)C.Cc1cnco1.c1ccccc1. The molecule has 94 valence electrons. The fraction of sp³-hybridized carbons (Fsp3) is 0.400. The molecule has 0 aliphatic rings. The number of nitrogens with zero attached hydrogens (tertiary/aromatic N) is 1. The first kappa shape index (κ1) is 15.4. The van der Waals surface area contributed by atoms with Crippen molar-refractivity contribution in [3.63, 3.8) is 0 Å². The van der Waals surface area contributed by atoms with E-state index in [2.05, 4.69) is 32.7 Å². The van der Waals surface area contributed by atoms with Crippen molar-refractivity contribution in [1.29, 1.82) is 0 Å². The Bertz CT molecular complexity index is 313. The van der Waals surface area contributed by atoms with Gasteiger partial charge in [0, 0.05) is 0 Å². The molecule has 1 heterocycles. The Balaban J connectivity index is 0.000000228. The van der Waals surface area contributed by atoms with Crippen LogP contribution in [0.3, 0.4) is 0 Å². The highest BCUT2D eigenvalue weighted by Gasteiger charge is 1.95. The summed E-state index contributed by atoms with van der Waals surface area (Å²) in [5, 5.41) is 0. The molecule has 2 nitrogen and oxygen atoms in total. The average molecular weight is 233 g/mol. The van der Waals surface area contributed by atoms with Gasteiger partial charge in [-0.2, -0.15) is 0 Å². The van der Waals surface area contributed by atoms with Crippen molar-refractivity contribution in [2.24, 2.45) is 5.41 Å². The molecule has 0 saturated carbocycles. The van der Waals surface area contributed by atoms with E-state index in [1.54, 1.807) is 6.20 Å². The third-order valence-electron chi connectivity index (χ3n) is 1.22. The lowest BCUT2D eigenvalue weighted by atomic mass is 10.0. The van der Waals surface area contributed by atoms with Gasteiger partial charge in [0.2, 0.25) is 0 Å². The van der Waals surface area contributed by atoms with Crippen molar-refractivity contribution >= 4 is 0 Å². The van der Waals surface area contributed by atoms with E-state index in [1.807, 2.05) is 43.3 Å². The molecule has 0 aliphatic heterocycles. The van der Waals surface area contributed by atoms with Crippen molar-refractivity contribution in [1.82, 2.24) is 4.98 Å². The lowest BCUT2D eigenvalue weighted by Gasteiger charge is -2.05. The van der Waals surface area contributed by atoms with Crippen LogP contribution in [0, 0.1) is 12.3 Å². The highest BCUT2D eigenvalue weighted by molar-refractivity contribution is 4.99. The molecule has 2 rings (SSSR count). The van der Waals surface area contributed by atoms with Crippen LogP contribution in [0.5, 0.6) is 0 Å². The van der Waals surface area contributed by atoms with Gasteiger partial charge in [0.15, 0.2) is 6.39 Å². The Labute approximate surface area is 105 Å². The first-order chi connectivity index (χ1) is 7.89. The number of benzene rings is 1. The van der Waals surface area contributed by atoms with E-state index in [4.69, 9.17) is 4.42 Å². The number of aryl methyl sites for hydroxylation is 1. The van der Waals surface area contributed by atoms with E-state index in [9.17, 15) is 0 Å². The molecule has 0 fully saturated rings. The van der Waals surface area contributed by atoms with Crippen LogP contribution in [0.1, 0.15) is 33.5 Å². The van der Waals surface area contributed by atoms with Crippen molar-refractivity contribution in [3.8, 4) is 0 Å². The Morgan fingerprint density at radius 3 is 1.35 bits per heavy atom. The van der Waals surface area contributed by atoms with Gasteiger partial charge in [-0.3, -0.25) is 0 Å². The monoisotopic (exact) mass is 233 g/mol. The Kier molecular flexibility index (Phi) is 7.78. The summed E-state index contributed by atoms with van der Waals surface area (Å²) >= 11 is 0. The number of hydrogen-bond donors (Lipinski definition) is 0. The molecule has 2 aromatic rings. The lowest BCUT2D eigenvalue weighted by molar-refractivity contribution is 0.469. The van der Waals surface area contributed by atoms with Gasteiger partial charge < -0.3 is 4.42 Å². The van der Waals surface area contributed by atoms with Crippen LogP contribution in [0.15, 0.2) is 53.4 Å². The summed E-state index contributed by atoms with van der Waals surface area (Å²) in [5.74, 6) is 0.856. The summed E-state index contributed by atoms with van der Waals surface area (Å²) in [6.07, 6.45) is 3.08. The summed E-state index contributed by atoms with van der Waals surface area (Å²) in [6, 6.07) is 12.0. The molecular formula is C15H23NO. The fourth-order valence-electron chi connectivity index (χ4n) is 0.664. The van der Waals surface area contributed by atoms with Crippen LogP contribution in [0.25, 0.3) is 0 Å². The molecule has 0 radical (unpaired) electrons. The number of aromatic nitrogens is 1. The molecule has 0 bridgehead atoms. The minimum atomic E-state index is 0.500. The molecule has 0 saturated heterocycles. The smallest absolute Gasteiger partial charge is 0.180 e. The molecule has 0 spiro atoms. The van der Waals surface area contributed by atoms with Crippen molar-refractivity contribution in [2.75, 3.05) is 0 Å². The molecule has 0 atom stereocenters. The summed E-state index contributed by atoms with van der Waals surface area (Å²) in [6.45, 7) is 10.6. The van der Waals surface area contributed by atoms with Crippen LogP contribution in [-0.2, 0) is 0 Å². The first-order valence-electron chi connectivity index (χ1n) is 5.74. The Morgan fingerprint density at radius 2 is 1.24 bits per heavy atom. The molecular weight excluding hydrogens is 210 g/mol. The van der Waals surface area contributed by atoms with E-state index in [0.29, 0.717) is 5.41 Å². The predicted molar refractivity (Wildman–Crippen MR) is 72.8 cm³/mol. The maximum atomic E-state index is 4.72. The molecule has 0 aliphatic carbocycles. The average Bonchev–Trinajstić information content (AvgIpc) is 2.70. The highest BCUT2D eigenvalue weighted by atomic mass is 16.3. The zero-order chi connectivity index (χ0) is 13.1. The molecule has 2 heteroatoms. The number of rotatable bonds is 0. The third-order valence-corrected chi connectivity index (χ3v) is 1.22. The summed E-state index contributed by atoms with van der Waals surface area (Å²) in [7, 11) is 0. The molecule has 0 unspecified atom stereocenters. The zero-order valence-electron chi connectivity index (χ0n) is 11.5. The zero-order valence-corrected chi connectivity index (χ0v) is 11.5. The third kappa shape index (κ3) is 17.1. The van der Waals surface area contributed by atoms with Gasteiger partial charge in [0.05, 0.1) is 6.20 Å². The number of oxazole rings is 1. The van der Waals surface area contributed by atoms with Gasteiger partial charge >= 0.3 is 0 Å². The van der Waals surface area contributed by atoms with Crippen LogP contribution in [0.2, 0.25) is 0 Å².